The van der Waals surface area contributed by atoms with Crippen molar-refractivity contribution in [3.63, 3.8) is 0 Å². The second-order valence-electron chi connectivity index (χ2n) is 6.68. The summed E-state index contributed by atoms with van der Waals surface area (Å²) >= 11 is 0. The summed E-state index contributed by atoms with van der Waals surface area (Å²) in [4.78, 5) is 2.64. The Morgan fingerprint density at radius 1 is 1.19 bits per heavy atom. The number of nitrogens with two attached hydrogens (primary N) is 1. The topological polar surface area (TPSA) is 29.3 Å². The first-order chi connectivity index (χ1) is 10.2. The molecule has 0 saturated carbocycles. The van der Waals surface area contributed by atoms with Crippen molar-refractivity contribution in [2.45, 2.75) is 58.9 Å². The molecule has 1 fully saturated rings. The normalized spacial score (nSPS) is 22.0. The van der Waals surface area contributed by atoms with Crippen molar-refractivity contribution < 1.29 is 0 Å². The quantitative estimate of drug-likeness (QED) is 0.879. The lowest BCUT2D eigenvalue weighted by molar-refractivity contribution is 0.205. The van der Waals surface area contributed by atoms with E-state index in [1.165, 1.54) is 61.9 Å². The van der Waals surface area contributed by atoms with E-state index in [9.17, 15) is 0 Å². The van der Waals surface area contributed by atoms with Crippen molar-refractivity contribution in [2.24, 2.45) is 11.7 Å². The molecule has 1 aromatic rings. The third kappa shape index (κ3) is 4.08. The van der Waals surface area contributed by atoms with Gasteiger partial charge in [-0.05, 0) is 68.8 Å². The smallest absolute Gasteiger partial charge is 0.0475 e. The van der Waals surface area contributed by atoms with E-state index in [0.29, 0.717) is 6.04 Å². The van der Waals surface area contributed by atoms with Crippen LogP contribution in [0.15, 0.2) is 18.2 Å². The Hall–Kier alpha value is -0.860. The Kier molecular flexibility index (Phi) is 6.25. The largest absolute Gasteiger partial charge is 0.329 e. The molecular weight excluding hydrogens is 256 g/mol. The molecule has 0 bridgehead atoms. The van der Waals surface area contributed by atoms with Gasteiger partial charge in [-0.1, -0.05) is 38.0 Å². The number of likely N-dealkylation sites (tertiary alicyclic amines) is 1. The van der Waals surface area contributed by atoms with Gasteiger partial charge in [-0.2, -0.15) is 0 Å². The van der Waals surface area contributed by atoms with Gasteiger partial charge in [0.1, 0.15) is 0 Å². The molecule has 0 aliphatic carbocycles. The maximum atomic E-state index is 6.18. The third-order valence-electron chi connectivity index (χ3n) is 5.12. The summed E-state index contributed by atoms with van der Waals surface area (Å²) in [5.41, 5.74) is 10.4. The molecule has 1 aliphatic rings. The van der Waals surface area contributed by atoms with Crippen molar-refractivity contribution in [3.05, 3.63) is 34.9 Å². The van der Waals surface area contributed by atoms with Crippen LogP contribution in [0.2, 0.25) is 0 Å². The minimum Gasteiger partial charge on any atom is -0.329 e. The molecule has 2 N–H and O–H groups in total. The van der Waals surface area contributed by atoms with Crippen LogP contribution in [0.1, 0.15) is 61.8 Å². The SMILES string of the molecule is CCCC1CCCN(C(CN)c2c(C)cccc2C)CC1. The van der Waals surface area contributed by atoms with Gasteiger partial charge < -0.3 is 5.73 Å². The fraction of sp³-hybridized carbons (Fsp3) is 0.684. The zero-order chi connectivity index (χ0) is 15.2. The molecule has 0 amide bonds. The predicted octanol–water partition coefficient (Wildman–Crippen LogP) is 4.21. The monoisotopic (exact) mass is 288 g/mol. The minimum absolute atomic E-state index is 0.395. The molecule has 1 saturated heterocycles. The van der Waals surface area contributed by atoms with Crippen molar-refractivity contribution in [3.8, 4) is 0 Å². The molecule has 2 rings (SSSR count). The van der Waals surface area contributed by atoms with Gasteiger partial charge in [-0.25, -0.2) is 0 Å². The highest BCUT2D eigenvalue weighted by Gasteiger charge is 2.25. The Balaban J connectivity index is 2.14. The number of nitrogens with zero attached hydrogens (tertiary/aromatic N) is 1. The standard InChI is InChI=1S/C19H32N2/c1-4-7-17-10-6-12-21(13-11-17)18(14-20)19-15(2)8-5-9-16(19)3/h5,8-9,17-18H,4,6-7,10-14,20H2,1-3H3. The zero-order valence-electron chi connectivity index (χ0n) is 14.1. The van der Waals surface area contributed by atoms with Crippen LogP contribution in [0.3, 0.4) is 0 Å². The van der Waals surface area contributed by atoms with Gasteiger partial charge in [0.25, 0.3) is 0 Å². The average molecular weight is 288 g/mol. The summed E-state index contributed by atoms with van der Waals surface area (Å²) in [5.74, 6) is 0.927. The second kappa shape index (κ2) is 7.95. The van der Waals surface area contributed by atoms with Crippen LogP contribution < -0.4 is 5.73 Å². The highest BCUT2D eigenvalue weighted by Crippen LogP contribution is 2.30. The van der Waals surface area contributed by atoms with E-state index in [1.807, 2.05) is 0 Å². The third-order valence-corrected chi connectivity index (χ3v) is 5.12. The van der Waals surface area contributed by atoms with Crippen LogP contribution in [0.25, 0.3) is 0 Å². The van der Waals surface area contributed by atoms with Crippen molar-refractivity contribution in [1.82, 2.24) is 4.90 Å². The summed E-state index contributed by atoms with van der Waals surface area (Å²) < 4.78 is 0. The molecule has 118 valence electrons. The van der Waals surface area contributed by atoms with Gasteiger partial charge in [0.05, 0.1) is 0 Å². The number of benzene rings is 1. The van der Waals surface area contributed by atoms with E-state index in [0.717, 1.165) is 12.5 Å². The van der Waals surface area contributed by atoms with Gasteiger partial charge in [0.15, 0.2) is 0 Å². The maximum Gasteiger partial charge on any atom is 0.0475 e. The molecule has 2 unspecified atom stereocenters. The predicted molar refractivity (Wildman–Crippen MR) is 91.5 cm³/mol. The lowest BCUT2D eigenvalue weighted by Gasteiger charge is -2.32. The Morgan fingerprint density at radius 2 is 1.90 bits per heavy atom. The number of hydrogen-bond donors (Lipinski definition) is 1. The molecule has 0 spiro atoms. The fourth-order valence-corrected chi connectivity index (χ4v) is 4.00. The summed E-state index contributed by atoms with van der Waals surface area (Å²) in [5, 5.41) is 0. The van der Waals surface area contributed by atoms with E-state index in [2.05, 4.69) is 43.9 Å². The van der Waals surface area contributed by atoms with E-state index >= 15 is 0 Å². The van der Waals surface area contributed by atoms with Gasteiger partial charge in [0.2, 0.25) is 0 Å². The van der Waals surface area contributed by atoms with E-state index in [1.54, 1.807) is 0 Å². The molecular formula is C19H32N2. The van der Waals surface area contributed by atoms with E-state index in [-0.39, 0.29) is 0 Å². The fourth-order valence-electron chi connectivity index (χ4n) is 4.00. The molecule has 2 nitrogen and oxygen atoms in total. The van der Waals surface area contributed by atoms with Crippen LogP contribution in [-0.4, -0.2) is 24.5 Å². The lowest BCUT2D eigenvalue weighted by atomic mass is 9.94. The molecule has 0 aromatic heterocycles. The number of hydrogen-bond acceptors (Lipinski definition) is 2. The van der Waals surface area contributed by atoms with Crippen LogP contribution in [0, 0.1) is 19.8 Å². The molecule has 1 aliphatic heterocycles. The molecule has 1 aromatic carbocycles. The van der Waals surface area contributed by atoms with Gasteiger partial charge >= 0.3 is 0 Å². The maximum absolute atomic E-state index is 6.18. The molecule has 2 atom stereocenters. The highest BCUT2D eigenvalue weighted by molar-refractivity contribution is 5.36. The van der Waals surface area contributed by atoms with Crippen LogP contribution in [0.5, 0.6) is 0 Å². The van der Waals surface area contributed by atoms with Gasteiger partial charge in [-0.15, -0.1) is 0 Å². The summed E-state index contributed by atoms with van der Waals surface area (Å²) in [6.07, 6.45) is 6.78. The zero-order valence-corrected chi connectivity index (χ0v) is 14.1. The summed E-state index contributed by atoms with van der Waals surface area (Å²) in [6.45, 7) is 9.90. The van der Waals surface area contributed by atoms with Gasteiger partial charge in [-0.3, -0.25) is 4.90 Å². The Labute approximate surface area is 130 Å². The first-order valence-corrected chi connectivity index (χ1v) is 8.67. The molecule has 0 radical (unpaired) electrons. The molecule has 21 heavy (non-hydrogen) atoms. The van der Waals surface area contributed by atoms with Crippen molar-refractivity contribution >= 4 is 0 Å². The van der Waals surface area contributed by atoms with Crippen LogP contribution in [0.4, 0.5) is 0 Å². The van der Waals surface area contributed by atoms with Crippen molar-refractivity contribution in [2.75, 3.05) is 19.6 Å². The van der Waals surface area contributed by atoms with Crippen LogP contribution >= 0.6 is 0 Å². The minimum atomic E-state index is 0.395. The average Bonchev–Trinajstić information content (AvgIpc) is 2.69. The second-order valence-corrected chi connectivity index (χ2v) is 6.68. The molecule has 2 heteroatoms. The summed E-state index contributed by atoms with van der Waals surface area (Å²) in [6, 6.07) is 7.00. The van der Waals surface area contributed by atoms with E-state index in [4.69, 9.17) is 5.73 Å². The van der Waals surface area contributed by atoms with Crippen LogP contribution in [-0.2, 0) is 0 Å². The Morgan fingerprint density at radius 3 is 2.52 bits per heavy atom. The van der Waals surface area contributed by atoms with Gasteiger partial charge in [0, 0.05) is 12.6 Å². The summed E-state index contributed by atoms with van der Waals surface area (Å²) in [7, 11) is 0. The van der Waals surface area contributed by atoms with Crippen molar-refractivity contribution in [1.29, 1.82) is 0 Å². The Bertz CT molecular complexity index is 421. The van der Waals surface area contributed by atoms with E-state index < -0.39 is 0 Å². The molecule has 1 heterocycles. The number of aryl methyl sites for hydroxylation is 2. The number of rotatable bonds is 5. The first-order valence-electron chi connectivity index (χ1n) is 8.67. The first kappa shape index (κ1) is 16.5. The lowest BCUT2D eigenvalue weighted by Crippen LogP contribution is -2.35. The highest BCUT2D eigenvalue weighted by atomic mass is 15.2.